The van der Waals surface area contributed by atoms with Gasteiger partial charge in [-0.2, -0.15) is 0 Å². The number of hydrogen-bond acceptors (Lipinski definition) is 2. The molecule has 0 aromatic heterocycles. The van der Waals surface area contributed by atoms with Gasteiger partial charge in [0.05, 0.1) is 11.2 Å². The molecule has 1 fully saturated rings. The third kappa shape index (κ3) is 3.07. The lowest BCUT2D eigenvalue weighted by Gasteiger charge is -2.31. The van der Waals surface area contributed by atoms with E-state index in [4.69, 9.17) is 0 Å². The second kappa shape index (κ2) is 5.15. The molecule has 0 spiro atoms. The molecule has 1 saturated heterocycles. The molecule has 3 nitrogen and oxygen atoms in total. The molecule has 0 atom stereocenters. The van der Waals surface area contributed by atoms with Crippen LogP contribution in [-0.4, -0.2) is 24.5 Å². The highest BCUT2D eigenvalue weighted by Crippen LogP contribution is 2.33. The van der Waals surface area contributed by atoms with Gasteiger partial charge in [-0.1, -0.05) is 19.9 Å². The number of aryl methyl sites for hydroxylation is 1. The van der Waals surface area contributed by atoms with Crippen molar-refractivity contribution < 1.29 is 4.79 Å². The predicted octanol–water partition coefficient (Wildman–Crippen LogP) is 3.50. The third-order valence-corrected chi connectivity index (χ3v) is 4.40. The first kappa shape index (κ1) is 15.5. The monoisotopic (exact) mass is 338 g/mol. The minimum atomic E-state index is -0.544. The van der Waals surface area contributed by atoms with E-state index in [0.29, 0.717) is 6.54 Å². The standard InChI is InChI=1S/C16H23BrN2O/c1-11-6-7-13(12(17)8-11)19-10-15(2,3)9-18-16(4,5)14(19)20/h6-8,18H,9-10H2,1-5H3. The number of anilines is 1. The van der Waals surface area contributed by atoms with Gasteiger partial charge in [-0.3, -0.25) is 4.79 Å². The van der Waals surface area contributed by atoms with Crippen molar-refractivity contribution in [3.05, 3.63) is 28.2 Å². The molecular weight excluding hydrogens is 316 g/mol. The lowest BCUT2D eigenvalue weighted by Crippen LogP contribution is -2.51. The molecule has 1 N–H and O–H groups in total. The summed E-state index contributed by atoms with van der Waals surface area (Å²) in [5.74, 6) is 0.118. The van der Waals surface area contributed by atoms with Crippen LogP contribution in [0.5, 0.6) is 0 Å². The largest absolute Gasteiger partial charge is 0.309 e. The van der Waals surface area contributed by atoms with Crippen LogP contribution >= 0.6 is 15.9 Å². The molecule has 20 heavy (non-hydrogen) atoms. The van der Waals surface area contributed by atoms with Gasteiger partial charge in [-0.25, -0.2) is 0 Å². The van der Waals surface area contributed by atoms with Gasteiger partial charge in [0, 0.05) is 17.6 Å². The Bertz CT molecular complexity index is 537. The average Bonchev–Trinajstić information content (AvgIpc) is 2.40. The van der Waals surface area contributed by atoms with Crippen molar-refractivity contribution in [3.8, 4) is 0 Å². The maximum Gasteiger partial charge on any atom is 0.246 e. The molecule has 0 unspecified atom stereocenters. The smallest absolute Gasteiger partial charge is 0.246 e. The van der Waals surface area contributed by atoms with Crippen molar-refractivity contribution in [2.45, 2.75) is 40.2 Å². The molecule has 1 aliphatic rings. The molecular formula is C16H23BrN2O. The highest BCUT2D eigenvalue weighted by Gasteiger charge is 2.40. The van der Waals surface area contributed by atoms with Crippen LogP contribution in [0.15, 0.2) is 22.7 Å². The van der Waals surface area contributed by atoms with E-state index in [2.05, 4.69) is 41.2 Å². The van der Waals surface area contributed by atoms with E-state index >= 15 is 0 Å². The van der Waals surface area contributed by atoms with Crippen LogP contribution in [0, 0.1) is 12.3 Å². The summed E-state index contributed by atoms with van der Waals surface area (Å²) in [6.07, 6.45) is 0. The highest BCUT2D eigenvalue weighted by molar-refractivity contribution is 9.10. The second-order valence-electron chi connectivity index (χ2n) is 6.99. The number of carbonyl (C=O) groups excluding carboxylic acids is 1. The predicted molar refractivity (Wildman–Crippen MR) is 87.1 cm³/mol. The molecule has 1 heterocycles. The average molecular weight is 339 g/mol. The summed E-state index contributed by atoms with van der Waals surface area (Å²) < 4.78 is 0.972. The molecule has 1 aliphatic heterocycles. The summed E-state index contributed by atoms with van der Waals surface area (Å²) in [4.78, 5) is 14.7. The Morgan fingerprint density at radius 1 is 1.25 bits per heavy atom. The van der Waals surface area contributed by atoms with Crippen molar-refractivity contribution in [3.63, 3.8) is 0 Å². The summed E-state index contributed by atoms with van der Waals surface area (Å²) in [6.45, 7) is 11.9. The van der Waals surface area contributed by atoms with Gasteiger partial charge in [0.2, 0.25) is 5.91 Å². The highest BCUT2D eigenvalue weighted by atomic mass is 79.9. The minimum absolute atomic E-state index is 0.0355. The minimum Gasteiger partial charge on any atom is -0.309 e. The number of rotatable bonds is 1. The Kier molecular flexibility index (Phi) is 4.00. The van der Waals surface area contributed by atoms with E-state index in [1.165, 1.54) is 5.56 Å². The summed E-state index contributed by atoms with van der Waals surface area (Å²) in [7, 11) is 0. The van der Waals surface area contributed by atoms with Crippen LogP contribution < -0.4 is 10.2 Å². The second-order valence-corrected chi connectivity index (χ2v) is 7.84. The number of amides is 1. The number of nitrogens with one attached hydrogen (secondary N) is 1. The van der Waals surface area contributed by atoms with Crippen molar-refractivity contribution in [1.29, 1.82) is 0 Å². The van der Waals surface area contributed by atoms with Crippen LogP contribution in [0.1, 0.15) is 33.3 Å². The van der Waals surface area contributed by atoms with Gasteiger partial charge in [0.1, 0.15) is 0 Å². The van der Waals surface area contributed by atoms with Crippen LogP contribution in [0.2, 0.25) is 0 Å². The first-order chi connectivity index (χ1) is 9.12. The van der Waals surface area contributed by atoms with Crippen LogP contribution in [0.3, 0.4) is 0 Å². The molecule has 1 aromatic carbocycles. The zero-order valence-corrected chi connectivity index (χ0v) is 14.5. The number of nitrogens with zero attached hydrogens (tertiary/aromatic N) is 1. The van der Waals surface area contributed by atoms with Crippen LogP contribution in [0.25, 0.3) is 0 Å². The molecule has 0 saturated carbocycles. The van der Waals surface area contributed by atoms with Crippen molar-refractivity contribution >= 4 is 27.5 Å². The van der Waals surface area contributed by atoms with Crippen LogP contribution in [-0.2, 0) is 4.79 Å². The van der Waals surface area contributed by atoms with Gasteiger partial charge < -0.3 is 10.2 Å². The molecule has 1 amide bonds. The van der Waals surface area contributed by atoms with E-state index in [-0.39, 0.29) is 11.3 Å². The summed E-state index contributed by atoms with van der Waals surface area (Å²) >= 11 is 3.60. The number of halogens is 1. The molecule has 110 valence electrons. The third-order valence-electron chi connectivity index (χ3n) is 3.77. The number of benzene rings is 1. The Labute approximate surface area is 129 Å². The van der Waals surface area contributed by atoms with Crippen LogP contribution in [0.4, 0.5) is 5.69 Å². The molecule has 0 radical (unpaired) electrons. The lowest BCUT2D eigenvalue weighted by atomic mass is 9.93. The first-order valence-corrected chi connectivity index (χ1v) is 7.75. The van der Waals surface area contributed by atoms with E-state index in [9.17, 15) is 4.79 Å². The van der Waals surface area contributed by atoms with E-state index in [1.807, 2.05) is 37.8 Å². The molecule has 2 rings (SSSR count). The molecule has 1 aromatic rings. The first-order valence-electron chi connectivity index (χ1n) is 6.96. The van der Waals surface area contributed by atoms with E-state index < -0.39 is 5.54 Å². The maximum absolute atomic E-state index is 12.8. The van der Waals surface area contributed by atoms with Gasteiger partial charge in [-0.15, -0.1) is 0 Å². The number of carbonyl (C=O) groups is 1. The number of hydrogen-bond donors (Lipinski definition) is 1. The van der Waals surface area contributed by atoms with Gasteiger partial charge >= 0.3 is 0 Å². The topological polar surface area (TPSA) is 32.3 Å². The Morgan fingerprint density at radius 3 is 2.50 bits per heavy atom. The molecule has 0 aliphatic carbocycles. The van der Waals surface area contributed by atoms with Crippen molar-refractivity contribution in [1.82, 2.24) is 5.32 Å². The van der Waals surface area contributed by atoms with Crippen molar-refractivity contribution in [2.75, 3.05) is 18.0 Å². The maximum atomic E-state index is 12.8. The zero-order valence-electron chi connectivity index (χ0n) is 12.9. The SMILES string of the molecule is Cc1ccc(N2CC(C)(C)CNC(C)(C)C2=O)c(Br)c1. The van der Waals surface area contributed by atoms with E-state index in [0.717, 1.165) is 16.7 Å². The fourth-order valence-corrected chi connectivity index (χ4v) is 3.16. The van der Waals surface area contributed by atoms with Gasteiger partial charge in [0.25, 0.3) is 0 Å². The fraction of sp³-hybridized carbons (Fsp3) is 0.562. The normalized spacial score (nSPS) is 21.7. The molecule has 0 bridgehead atoms. The summed E-state index contributed by atoms with van der Waals surface area (Å²) in [5.41, 5.74) is 1.62. The summed E-state index contributed by atoms with van der Waals surface area (Å²) in [6, 6.07) is 6.13. The Morgan fingerprint density at radius 2 is 1.90 bits per heavy atom. The Hall–Kier alpha value is -0.870. The Balaban J connectivity index is 2.48. The van der Waals surface area contributed by atoms with Crippen molar-refractivity contribution in [2.24, 2.45) is 5.41 Å². The zero-order chi connectivity index (χ0) is 15.1. The molecule has 4 heteroatoms. The van der Waals surface area contributed by atoms with Gasteiger partial charge in [0.15, 0.2) is 0 Å². The van der Waals surface area contributed by atoms with Gasteiger partial charge in [-0.05, 0) is 59.8 Å². The summed E-state index contributed by atoms with van der Waals surface area (Å²) in [5, 5.41) is 3.38. The quantitative estimate of drug-likeness (QED) is 0.849. The fourth-order valence-electron chi connectivity index (χ4n) is 2.45. The van der Waals surface area contributed by atoms with E-state index in [1.54, 1.807) is 0 Å². The lowest BCUT2D eigenvalue weighted by molar-refractivity contribution is -0.123.